The highest BCUT2D eigenvalue weighted by atomic mass is 79.9. The summed E-state index contributed by atoms with van der Waals surface area (Å²) in [6, 6.07) is 1.91. The molecule has 0 aromatic carbocycles. The van der Waals surface area contributed by atoms with Gasteiger partial charge in [0.05, 0.1) is 15.9 Å². The van der Waals surface area contributed by atoms with Crippen LogP contribution in [0.2, 0.25) is 0 Å². The second-order valence-electron chi connectivity index (χ2n) is 4.09. The first-order valence-electron chi connectivity index (χ1n) is 5.94. The molecule has 0 saturated carbocycles. The fraction of sp³-hybridized carbons (Fsp3) is 0.500. The molecule has 2 aromatic rings. The Hall–Kier alpha value is -0.940. The van der Waals surface area contributed by atoms with E-state index in [0.29, 0.717) is 12.5 Å². The zero-order chi connectivity index (χ0) is 12.4. The van der Waals surface area contributed by atoms with Gasteiger partial charge < -0.3 is 5.73 Å². The van der Waals surface area contributed by atoms with E-state index in [4.69, 9.17) is 5.73 Å². The Morgan fingerprint density at radius 1 is 1.41 bits per heavy atom. The molecular formula is C12H17BrN4. The molecule has 0 bridgehead atoms. The molecule has 0 aliphatic carbocycles. The number of nitrogens with zero attached hydrogens (tertiary/aromatic N) is 3. The maximum Gasteiger partial charge on any atom is 0.169 e. The van der Waals surface area contributed by atoms with E-state index < -0.39 is 0 Å². The maximum atomic E-state index is 5.71. The van der Waals surface area contributed by atoms with Crippen LogP contribution in [0.5, 0.6) is 0 Å². The Labute approximate surface area is 109 Å². The first-order valence-corrected chi connectivity index (χ1v) is 6.74. The molecule has 2 aromatic heterocycles. The molecule has 0 aliphatic heterocycles. The zero-order valence-corrected chi connectivity index (χ0v) is 11.7. The van der Waals surface area contributed by atoms with Crippen LogP contribution < -0.4 is 5.73 Å². The second-order valence-corrected chi connectivity index (χ2v) is 4.88. The van der Waals surface area contributed by atoms with Crippen molar-refractivity contribution in [2.75, 3.05) is 0 Å². The molecule has 0 spiro atoms. The van der Waals surface area contributed by atoms with Crippen molar-refractivity contribution in [1.82, 2.24) is 14.6 Å². The number of rotatable bonds is 4. The van der Waals surface area contributed by atoms with Gasteiger partial charge in [-0.25, -0.2) is 9.50 Å². The summed E-state index contributed by atoms with van der Waals surface area (Å²) in [5.74, 6) is 0.469. The lowest BCUT2D eigenvalue weighted by Crippen LogP contribution is -2.06. The number of fused-ring (bicyclic) bond motifs is 1. The third-order valence-electron chi connectivity index (χ3n) is 3.15. The molecule has 4 nitrogen and oxygen atoms in total. The van der Waals surface area contributed by atoms with Gasteiger partial charge in [-0.2, -0.15) is 5.10 Å². The highest BCUT2D eigenvalue weighted by Crippen LogP contribution is 2.31. The summed E-state index contributed by atoms with van der Waals surface area (Å²) in [4.78, 5) is 4.36. The Balaban J connectivity index is 2.63. The minimum absolute atomic E-state index is 0.468. The van der Waals surface area contributed by atoms with E-state index in [2.05, 4.69) is 39.9 Å². The Kier molecular flexibility index (Phi) is 3.79. The molecule has 0 aliphatic rings. The van der Waals surface area contributed by atoms with E-state index in [1.165, 1.54) is 0 Å². The molecule has 0 atom stereocenters. The minimum Gasteiger partial charge on any atom is -0.325 e. The van der Waals surface area contributed by atoms with Crippen molar-refractivity contribution in [3.05, 3.63) is 28.1 Å². The van der Waals surface area contributed by atoms with Gasteiger partial charge >= 0.3 is 0 Å². The van der Waals surface area contributed by atoms with Gasteiger partial charge in [-0.3, -0.25) is 0 Å². The van der Waals surface area contributed by atoms with Crippen LogP contribution in [0.4, 0.5) is 0 Å². The van der Waals surface area contributed by atoms with E-state index in [-0.39, 0.29) is 0 Å². The van der Waals surface area contributed by atoms with Crippen molar-refractivity contribution in [1.29, 1.82) is 0 Å². The fourth-order valence-electron chi connectivity index (χ4n) is 2.07. The molecule has 0 amide bonds. The van der Waals surface area contributed by atoms with Crippen LogP contribution in [0.15, 0.2) is 16.7 Å². The maximum absolute atomic E-state index is 5.71. The van der Waals surface area contributed by atoms with Gasteiger partial charge in [-0.15, -0.1) is 0 Å². The summed E-state index contributed by atoms with van der Waals surface area (Å²) in [6.07, 6.45) is 3.94. The van der Waals surface area contributed by atoms with Crippen LogP contribution in [0.25, 0.3) is 5.65 Å². The van der Waals surface area contributed by atoms with Gasteiger partial charge in [0.25, 0.3) is 0 Å². The largest absolute Gasteiger partial charge is 0.325 e. The number of aromatic nitrogens is 3. The average molecular weight is 297 g/mol. The SMILES string of the molecule is CCC(CC)c1nn2c(CN)ccnc2c1Br. The Bertz CT molecular complexity index is 516. The lowest BCUT2D eigenvalue weighted by Gasteiger charge is -2.08. The summed E-state index contributed by atoms with van der Waals surface area (Å²) >= 11 is 3.61. The summed E-state index contributed by atoms with van der Waals surface area (Å²) in [6.45, 7) is 4.83. The Morgan fingerprint density at radius 3 is 2.71 bits per heavy atom. The molecule has 2 N–H and O–H groups in total. The standard InChI is InChI=1S/C12H17BrN4/c1-3-8(4-2)11-10(13)12-15-6-5-9(7-14)17(12)16-11/h5-6,8H,3-4,7,14H2,1-2H3. The molecule has 2 rings (SSSR count). The number of halogens is 1. The predicted octanol–water partition coefficient (Wildman–Crippen LogP) is 2.85. The van der Waals surface area contributed by atoms with Crippen LogP contribution >= 0.6 is 15.9 Å². The molecule has 0 radical (unpaired) electrons. The van der Waals surface area contributed by atoms with Crippen LogP contribution in [0.1, 0.15) is 44.0 Å². The predicted molar refractivity (Wildman–Crippen MR) is 71.9 cm³/mol. The van der Waals surface area contributed by atoms with Gasteiger partial charge in [0.15, 0.2) is 5.65 Å². The van der Waals surface area contributed by atoms with E-state index in [1.807, 2.05) is 10.6 Å². The lowest BCUT2D eigenvalue weighted by molar-refractivity contribution is 0.612. The topological polar surface area (TPSA) is 56.2 Å². The van der Waals surface area contributed by atoms with E-state index in [0.717, 1.165) is 34.3 Å². The molecule has 2 heterocycles. The monoisotopic (exact) mass is 296 g/mol. The van der Waals surface area contributed by atoms with Gasteiger partial charge in [-0.1, -0.05) is 13.8 Å². The Morgan fingerprint density at radius 2 is 2.12 bits per heavy atom. The average Bonchev–Trinajstić information content (AvgIpc) is 2.69. The van der Waals surface area contributed by atoms with Crippen LogP contribution in [0.3, 0.4) is 0 Å². The molecule has 0 unspecified atom stereocenters. The third-order valence-corrected chi connectivity index (χ3v) is 3.91. The van der Waals surface area contributed by atoms with Crippen LogP contribution in [0, 0.1) is 0 Å². The number of hydrogen-bond donors (Lipinski definition) is 1. The number of hydrogen-bond acceptors (Lipinski definition) is 3. The van der Waals surface area contributed by atoms with Gasteiger partial charge in [0, 0.05) is 18.7 Å². The van der Waals surface area contributed by atoms with Gasteiger partial charge in [0.2, 0.25) is 0 Å². The molecule has 0 fully saturated rings. The van der Waals surface area contributed by atoms with Crippen LogP contribution in [-0.2, 0) is 6.54 Å². The summed E-state index contributed by atoms with van der Waals surface area (Å²) in [7, 11) is 0. The van der Waals surface area contributed by atoms with Gasteiger partial charge in [0.1, 0.15) is 0 Å². The summed E-state index contributed by atoms with van der Waals surface area (Å²) in [5.41, 5.74) is 8.63. The highest BCUT2D eigenvalue weighted by Gasteiger charge is 2.19. The molecular weight excluding hydrogens is 280 g/mol. The number of nitrogens with two attached hydrogens (primary N) is 1. The highest BCUT2D eigenvalue weighted by molar-refractivity contribution is 9.10. The summed E-state index contributed by atoms with van der Waals surface area (Å²) < 4.78 is 2.85. The zero-order valence-electron chi connectivity index (χ0n) is 10.2. The quantitative estimate of drug-likeness (QED) is 0.944. The minimum atomic E-state index is 0.468. The van der Waals surface area contributed by atoms with E-state index in [1.54, 1.807) is 6.20 Å². The van der Waals surface area contributed by atoms with Crippen molar-refractivity contribution >= 4 is 21.6 Å². The second kappa shape index (κ2) is 5.14. The van der Waals surface area contributed by atoms with Crippen molar-refractivity contribution in [3.63, 3.8) is 0 Å². The normalized spacial score (nSPS) is 11.6. The van der Waals surface area contributed by atoms with E-state index >= 15 is 0 Å². The van der Waals surface area contributed by atoms with Crippen molar-refractivity contribution < 1.29 is 0 Å². The molecule has 0 saturated heterocycles. The molecule has 5 heteroatoms. The van der Waals surface area contributed by atoms with Gasteiger partial charge in [-0.05, 0) is 34.8 Å². The fourth-order valence-corrected chi connectivity index (χ4v) is 2.75. The first kappa shape index (κ1) is 12.5. The lowest BCUT2D eigenvalue weighted by atomic mass is 10.00. The molecule has 17 heavy (non-hydrogen) atoms. The first-order chi connectivity index (χ1) is 8.22. The molecule has 92 valence electrons. The third kappa shape index (κ3) is 2.09. The van der Waals surface area contributed by atoms with E-state index in [9.17, 15) is 0 Å². The summed E-state index contributed by atoms with van der Waals surface area (Å²) in [5, 5.41) is 4.65. The van der Waals surface area contributed by atoms with Crippen molar-refractivity contribution in [2.45, 2.75) is 39.2 Å². The van der Waals surface area contributed by atoms with Crippen LogP contribution in [-0.4, -0.2) is 14.6 Å². The van der Waals surface area contributed by atoms with Crippen molar-refractivity contribution in [3.8, 4) is 0 Å². The van der Waals surface area contributed by atoms with Crippen molar-refractivity contribution in [2.24, 2.45) is 5.73 Å². The smallest absolute Gasteiger partial charge is 0.169 e.